The second kappa shape index (κ2) is 8.34. The van der Waals surface area contributed by atoms with Crippen molar-refractivity contribution in [3.63, 3.8) is 0 Å². The maximum Gasteiger partial charge on any atom is 0.333 e. The van der Waals surface area contributed by atoms with E-state index in [4.69, 9.17) is 4.74 Å². The summed E-state index contributed by atoms with van der Waals surface area (Å²) in [5.74, 6) is -1.02. The van der Waals surface area contributed by atoms with Crippen molar-refractivity contribution >= 4 is 17.8 Å². The summed E-state index contributed by atoms with van der Waals surface area (Å²) in [6.45, 7) is 6.68. The van der Waals surface area contributed by atoms with Crippen molar-refractivity contribution in [2.24, 2.45) is 11.3 Å². The topological polar surface area (TPSA) is 75.7 Å². The van der Waals surface area contributed by atoms with Crippen LogP contribution in [-0.2, 0) is 19.1 Å². The van der Waals surface area contributed by atoms with E-state index in [1.165, 1.54) is 7.11 Å². The Labute approximate surface area is 154 Å². The van der Waals surface area contributed by atoms with E-state index in [2.05, 4.69) is 5.32 Å². The quantitative estimate of drug-likeness (QED) is 0.836. The van der Waals surface area contributed by atoms with Gasteiger partial charge in [0.25, 0.3) is 0 Å². The first-order chi connectivity index (χ1) is 12.2. The predicted molar refractivity (Wildman–Crippen MR) is 98.1 cm³/mol. The Balaban J connectivity index is 2.09. The Hall–Kier alpha value is -2.37. The number of ether oxygens (including phenoxy) is 1. The minimum Gasteiger partial charge on any atom is -0.467 e. The molecule has 6 nitrogen and oxygen atoms in total. The van der Waals surface area contributed by atoms with Crippen LogP contribution in [0.2, 0.25) is 0 Å². The van der Waals surface area contributed by atoms with Gasteiger partial charge in [-0.05, 0) is 18.4 Å². The van der Waals surface area contributed by atoms with Gasteiger partial charge < -0.3 is 15.0 Å². The minimum absolute atomic E-state index is 0.0441. The van der Waals surface area contributed by atoms with Crippen molar-refractivity contribution in [2.45, 2.75) is 39.7 Å². The first kappa shape index (κ1) is 19.9. The maximum absolute atomic E-state index is 12.8. The Bertz CT molecular complexity index is 652. The zero-order chi connectivity index (χ0) is 19.3. The van der Waals surface area contributed by atoms with Crippen molar-refractivity contribution < 1.29 is 19.1 Å². The fourth-order valence-corrected chi connectivity index (χ4v) is 3.15. The number of esters is 1. The number of hydrogen-bond donors (Lipinski definition) is 1. The number of nitrogens with one attached hydrogen (secondary N) is 1. The summed E-state index contributed by atoms with van der Waals surface area (Å²) in [6, 6.07) is 8.17. The van der Waals surface area contributed by atoms with Crippen LogP contribution >= 0.6 is 0 Å². The van der Waals surface area contributed by atoms with Crippen molar-refractivity contribution in [1.29, 1.82) is 0 Å². The molecule has 1 heterocycles. The molecule has 1 aliphatic heterocycles. The van der Waals surface area contributed by atoms with E-state index in [9.17, 15) is 14.4 Å². The first-order valence-corrected chi connectivity index (χ1v) is 8.96. The Morgan fingerprint density at radius 3 is 2.42 bits per heavy atom. The van der Waals surface area contributed by atoms with Crippen LogP contribution in [0.25, 0.3) is 0 Å². The van der Waals surface area contributed by atoms with E-state index in [1.54, 1.807) is 17.0 Å². The monoisotopic (exact) mass is 360 g/mol. The lowest BCUT2D eigenvalue weighted by atomic mass is 9.90. The number of benzene rings is 1. The van der Waals surface area contributed by atoms with Gasteiger partial charge in [-0.2, -0.15) is 0 Å². The molecule has 0 saturated carbocycles. The highest BCUT2D eigenvalue weighted by Gasteiger charge is 2.35. The molecular formula is C20H28N2O4. The molecule has 2 amide bonds. The highest BCUT2D eigenvalue weighted by molar-refractivity contribution is 5.87. The molecule has 6 heteroatoms. The van der Waals surface area contributed by atoms with Gasteiger partial charge in [0.15, 0.2) is 6.04 Å². The molecule has 1 aromatic rings. The summed E-state index contributed by atoms with van der Waals surface area (Å²) >= 11 is 0. The number of piperidine rings is 1. The molecule has 0 aliphatic carbocycles. The van der Waals surface area contributed by atoms with Gasteiger partial charge in [-0.3, -0.25) is 9.59 Å². The molecular weight excluding hydrogens is 332 g/mol. The molecule has 1 fully saturated rings. The lowest BCUT2D eigenvalue weighted by Crippen LogP contribution is -2.49. The number of nitrogens with zero attached hydrogens (tertiary/aromatic N) is 1. The second-order valence-corrected chi connectivity index (χ2v) is 7.72. The van der Waals surface area contributed by atoms with Crippen LogP contribution in [0.15, 0.2) is 30.3 Å². The van der Waals surface area contributed by atoms with Crippen LogP contribution in [0.3, 0.4) is 0 Å². The van der Waals surface area contributed by atoms with Crippen LogP contribution in [0.4, 0.5) is 0 Å². The third-order valence-corrected chi connectivity index (χ3v) is 4.58. The summed E-state index contributed by atoms with van der Waals surface area (Å²) in [5.41, 5.74) is 0.197. The molecule has 1 aromatic carbocycles. The number of hydrogen-bond acceptors (Lipinski definition) is 4. The van der Waals surface area contributed by atoms with Crippen LogP contribution in [0.1, 0.15) is 45.2 Å². The van der Waals surface area contributed by atoms with Gasteiger partial charge in [0.2, 0.25) is 11.8 Å². The largest absolute Gasteiger partial charge is 0.467 e. The maximum atomic E-state index is 12.8. The summed E-state index contributed by atoms with van der Waals surface area (Å²) in [5, 5.41) is 2.80. The Morgan fingerprint density at radius 2 is 1.85 bits per heavy atom. The molecule has 0 bridgehead atoms. The molecule has 0 aromatic heterocycles. The van der Waals surface area contributed by atoms with Crippen LogP contribution in [-0.4, -0.2) is 42.9 Å². The number of carbonyl (C=O) groups excluding carboxylic acids is 3. The van der Waals surface area contributed by atoms with E-state index in [0.717, 1.165) is 6.42 Å². The Kier molecular flexibility index (Phi) is 6.40. The van der Waals surface area contributed by atoms with E-state index in [1.807, 2.05) is 39.0 Å². The summed E-state index contributed by atoms with van der Waals surface area (Å²) < 4.78 is 4.84. The smallest absolute Gasteiger partial charge is 0.333 e. The molecule has 1 N–H and O–H groups in total. The van der Waals surface area contributed by atoms with Crippen molar-refractivity contribution in [3.05, 3.63) is 35.9 Å². The zero-order valence-corrected chi connectivity index (χ0v) is 16.0. The van der Waals surface area contributed by atoms with E-state index >= 15 is 0 Å². The van der Waals surface area contributed by atoms with Gasteiger partial charge in [-0.1, -0.05) is 51.1 Å². The molecule has 2 rings (SSSR count). The molecule has 2 unspecified atom stereocenters. The van der Waals surface area contributed by atoms with E-state index in [-0.39, 0.29) is 17.7 Å². The SMILES string of the molecule is COC(=O)C(NC(=O)C1CCCN(C(=O)C(C)(C)C)C1)c1ccccc1. The van der Waals surface area contributed by atoms with Crippen molar-refractivity contribution in [2.75, 3.05) is 20.2 Å². The molecule has 1 aliphatic rings. The Morgan fingerprint density at radius 1 is 1.19 bits per heavy atom. The number of methoxy groups -OCH3 is 1. The summed E-state index contributed by atoms with van der Waals surface area (Å²) in [4.78, 5) is 39.2. The molecule has 2 atom stereocenters. The van der Waals surface area contributed by atoms with E-state index in [0.29, 0.717) is 25.1 Å². The fourth-order valence-electron chi connectivity index (χ4n) is 3.15. The number of carbonyl (C=O) groups is 3. The summed E-state index contributed by atoms with van der Waals surface area (Å²) in [7, 11) is 1.30. The lowest BCUT2D eigenvalue weighted by molar-refractivity contribution is -0.147. The van der Waals surface area contributed by atoms with Crippen LogP contribution < -0.4 is 5.32 Å². The van der Waals surface area contributed by atoms with Gasteiger partial charge >= 0.3 is 5.97 Å². The number of amides is 2. The lowest BCUT2D eigenvalue weighted by Gasteiger charge is -2.36. The average Bonchev–Trinajstić information content (AvgIpc) is 2.64. The van der Waals surface area contributed by atoms with Gasteiger partial charge in [0, 0.05) is 18.5 Å². The average molecular weight is 360 g/mol. The molecule has 142 valence electrons. The van der Waals surface area contributed by atoms with Crippen molar-refractivity contribution in [1.82, 2.24) is 10.2 Å². The van der Waals surface area contributed by atoms with Gasteiger partial charge in [-0.15, -0.1) is 0 Å². The van der Waals surface area contributed by atoms with Gasteiger partial charge in [0.1, 0.15) is 0 Å². The molecule has 26 heavy (non-hydrogen) atoms. The van der Waals surface area contributed by atoms with Crippen LogP contribution in [0.5, 0.6) is 0 Å². The number of likely N-dealkylation sites (tertiary alicyclic amines) is 1. The van der Waals surface area contributed by atoms with E-state index < -0.39 is 17.4 Å². The molecule has 0 spiro atoms. The molecule has 1 saturated heterocycles. The van der Waals surface area contributed by atoms with Crippen molar-refractivity contribution in [3.8, 4) is 0 Å². The van der Waals surface area contributed by atoms with Gasteiger partial charge in [0.05, 0.1) is 13.0 Å². The third-order valence-electron chi connectivity index (χ3n) is 4.58. The first-order valence-electron chi connectivity index (χ1n) is 8.96. The standard InChI is InChI=1S/C20H28N2O4/c1-20(2,3)19(25)22-12-8-11-15(13-22)17(23)21-16(18(24)26-4)14-9-6-5-7-10-14/h5-7,9-10,15-16H,8,11-13H2,1-4H3,(H,21,23). The fraction of sp³-hybridized carbons (Fsp3) is 0.550. The molecule has 0 radical (unpaired) electrons. The normalized spacial score (nSPS) is 18.8. The minimum atomic E-state index is -0.845. The highest BCUT2D eigenvalue weighted by atomic mass is 16.5. The highest BCUT2D eigenvalue weighted by Crippen LogP contribution is 2.24. The number of rotatable bonds is 4. The van der Waals surface area contributed by atoms with Crippen LogP contribution in [0, 0.1) is 11.3 Å². The third kappa shape index (κ3) is 4.84. The predicted octanol–water partition coefficient (Wildman–Crippen LogP) is 2.30. The second-order valence-electron chi connectivity index (χ2n) is 7.72. The summed E-state index contributed by atoms with van der Waals surface area (Å²) in [6.07, 6.45) is 1.47. The zero-order valence-electron chi connectivity index (χ0n) is 16.0. The van der Waals surface area contributed by atoms with Gasteiger partial charge in [-0.25, -0.2) is 4.79 Å².